The third-order valence-electron chi connectivity index (χ3n) is 4.48. The first-order valence-electron chi connectivity index (χ1n) is 7.05. The molecule has 0 aromatic carbocycles. The van der Waals surface area contributed by atoms with E-state index in [4.69, 9.17) is 5.73 Å². The van der Waals surface area contributed by atoms with Crippen LogP contribution in [-0.2, 0) is 13.0 Å². The van der Waals surface area contributed by atoms with Gasteiger partial charge in [-0.25, -0.2) is 0 Å². The van der Waals surface area contributed by atoms with E-state index in [1.165, 1.54) is 11.3 Å². The van der Waals surface area contributed by atoms with Gasteiger partial charge in [0.25, 0.3) is 0 Å². The highest BCUT2D eigenvalue weighted by atomic mass is 15.2. The highest BCUT2D eigenvalue weighted by Crippen LogP contribution is 2.24. The van der Waals surface area contributed by atoms with Crippen molar-refractivity contribution in [2.75, 3.05) is 6.54 Å². The molecule has 100 valence electrons. The minimum absolute atomic E-state index is 0.352. The first-order chi connectivity index (χ1) is 8.63. The third-order valence-corrected chi connectivity index (χ3v) is 4.48. The maximum Gasteiger partial charge on any atom is 0.0575 e. The van der Waals surface area contributed by atoms with Crippen LogP contribution < -0.4 is 5.73 Å². The molecule has 2 N–H and O–H groups in total. The number of nitrogens with zero attached hydrogens (tertiary/aromatic N) is 2. The summed E-state index contributed by atoms with van der Waals surface area (Å²) in [4.78, 5) is 7.07. The number of pyridine rings is 1. The van der Waals surface area contributed by atoms with E-state index in [0.29, 0.717) is 18.0 Å². The van der Waals surface area contributed by atoms with E-state index >= 15 is 0 Å². The Labute approximate surface area is 110 Å². The van der Waals surface area contributed by atoms with E-state index in [-0.39, 0.29) is 0 Å². The molecule has 1 aromatic rings. The number of likely N-dealkylation sites (tertiary alicyclic amines) is 1. The van der Waals surface area contributed by atoms with E-state index < -0.39 is 0 Å². The molecule has 0 amide bonds. The molecule has 0 saturated carbocycles. The molecule has 0 aliphatic carbocycles. The molecule has 1 saturated heterocycles. The van der Waals surface area contributed by atoms with E-state index in [9.17, 15) is 0 Å². The van der Waals surface area contributed by atoms with Crippen LogP contribution in [0.1, 0.15) is 38.4 Å². The fraction of sp³-hybridized carbons (Fsp3) is 0.667. The molecule has 3 heteroatoms. The van der Waals surface area contributed by atoms with Gasteiger partial charge in [-0.15, -0.1) is 0 Å². The summed E-state index contributed by atoms with van der Waals surface area (Å²) in [7, 11) is 0. The largest absolute Gasteiger partial charge is 0.327 e. The third kappa shape index (κ3) is 2.73. The van der Waals surface area contributed by atoms with Crippen LogP contribution in [0.4, 0.5) is 0 Å². The average Bonchev–Trinajstić information content (AvgIpc) is 2.40. The number of aromatic nitrogens is 1. The Kier molecular flexibility index (Phi) is 4.36. The highest BCUT2D eigenvalue weighted by Gasteiger charge is 2.30. The molecule has 3 atom stereocenters. The lowest BCUT2D eigenvalue weighted by molar-refractivity contribution is 0.0895. The Morgan fingerprint density at radius 2 is 2.22 bits per heavy atom. The molecule has 1 aliphatic rings. The minimum Gasteiger partial charge on any atom is -0.327 e. The number of rotatable bonds is 3. The summed E-state index contributed by atoms with van der Waals surface area (Å²) in [6.07, 6.45) is 4.05. The monoisotopic (exact) mass is 247 g/mol. The van der Waals surface area contributed by atoms with Gasteiger partial charge >= 0.3 is 0 Å². The van der Waals surface area contributed by atoms with E-state index in [1.54, 1.807) is 0 Å². The van der Waals surface area contributed by atoms with Gasteiger partial charge in [-0.3, -0.25) is 9.88 Å². The zero-order chi connectivity index (χ0) is 13.1. The van der Waals surface area contributed by atoms with E-state index in [0.717, 1.165) is 25.9 Å². The second-order valence-electron chi connectivity index (χ2n) is 5.49. The van der Waals surface area contributed by atoms with Crippen LogP contribution >= 0.6 is 0 Å². The van der Waals surface area contributed by atoms with Gasteiger partial charge < -0.3 is 5.73 Å². The molecular formula is C15H25N3. The van der Waals surface area contributed by atoms with Crippen molar-refractivity contribution in [1.29, 1.82) is 0 Å². The van der Waals surface area contributed by atoms with Crippen LogP contribution in [0.25, 0.3) is 0 Å². The van der Waals surface area contributed by atoms with Crippen molar-refractivity contribution in [3.8, 4) is 0 Å². The summed E-state index contributed by atoms with van der Waals surface area (Å²) in [5, 5.41) is 0. The lowest BCUT2D eigenvalue weighted by Gasteiger charge is -2.41. The molecule has 0 radical (unpaired) electrons. The van der Waals surface area contributed by atoms with Crippen LogP contribution in [0, 0.1) is 5.92 Å². The van der Waals surface area contributed by atoms with Crippen molar-refractivity contribution in [3.05, 3.63) is 29.6 Å². The van der Waals surface area contributed by atoms with Gasteiger partial charge in [-0.1, -0.05) is 19.9 Å². The summed E-state index contributed by atoms with van der Waals surface area (Å²) in [6.45, 7) is 8.80. The first kappa shape index (κ1) is 13.5. The van der Waals surface area contributed by atoms with Crippen molar-refractivity contribution in [1.82, 2.24) is 9.88 Å². The molecule has 3 unspecified atom stereocenters. The van der Waals surface area contributed by atoms with Crippen molar-refractivity contribution >= 4 is 0 Å². The van der Waals surface area contributed by atoms with Crippen LogP contribution in [0.5, 0.6) is 0 Å². The summed E-state index contributed by atoms with van der Waals surface area (Å²) in [6, 6.07) is 5.11. The van der Waals surface area contributed by atoms with Gasteiger partial charge in [0.2, 0.25) is 0 Å². The maximum atomic E-state index is 6.14. The first-order valence-corrected chi connectivity index (χ1v) is 7.05. The zero-order valence-corrected chi connectivity index (χ0v) is 11.8. The number of nitrogens with two attached hydrogens (primary N) is 1. The minimum atomic E-state index is 0.352. The predicted molar refractivity (Wildman–Crippen MR) is 75.2 cm³/mol. The smallest absolute Gasteiger partial charge is 0.0575 e. The Hall–Kier alpha value is -0.930. The van der Waals surface area contributed by atoms with Crippen molar-refractivity contribution < 1.29 is 0 Å². The van der Waals surface area contributed by atoms with Crippen LogP contribution in [-0.4, -0.2) is 28.5 Å². The Balaban J connectivity index is 2.09. The molecule has 1 aromatic heterocycles. The highest BCUT2D eigenvalue weighted by molar-refractivity contribution is 5.19. The molecule has 0 spiro atoms. The normalized spacial score (nSPS) is 29.4. The van der Waals surface area contributed by atoms with Crippen molar-refractivity contribution in [3.63, 3.8) is 0 Å². The van der Waals surface area contributed by atoms with Gasteiger partial charge in [0.05, 0.1) is 5.69 Å². The molecule has 2 rings (SSSR count). The van der Waals surface area contributed by atoms with Gasteiger partial charge in [-0.2, -0.15) is 0 Å². The topological polar surface area (TPSA) is 42.2 Å². The molecule has 18 heavy (non-hydrogen) atoms. The van der Waals surface area contributed by atoms with E-state index in [1.807, 2.05) is 12.3 Å². The van der Waals surface area contributed by atoms with Crippen molar-refractivity contribution in [2.45, 2.75) is 52.2 Å². The molecular weight excluding hydrogens is 222 g/mol. The number of piperidine rings is 1. The summed E-state index contributed by atoms with van der Waals surface area (Å²) >= 11 is 0. The van der Waals surface area contributed by atoms with Crippen LogP contribution in [0.2, 0.25) is 0 Å². The van der Waals surface area contributed by atoms with Gasteiger partial charge in [-0.05, 0) is 37.3 Å². The Bertz CT molecular complexity index is 391. The van der Waals surface area contributed by atoms with Crippen molar-refractivity contribution in [2.24, 2.45) is 11.7 Å². The number of aryl methyl sites for hydroxylation is 1. The lowest BCUT2D eigenvalue weighted by Crippen LogP contribution is -2.51. The SMILES string of the molecule is CCc1cccnc1CN1CCC(N)C(C)C1C. The summed E-state index contributed by atoms with van der Waals surface area (Å²) in [5.74, 6) is 0.563. The zero-order valence-electron chi connectivity index (χ0n) is 11.8. The number of hydrogen-bond donors (Lipinski definition) is 1. The molecule has 1 fully saturated rings. The quantitative estimate of drug-likeness (QED) is 0.890. The second kappa shape index (κ2) is 5.81. The Morgan fingerprint density at radius 1 is 1.44 bits per heavy atom. The predicted octanol–water partition coefficient (Wildman–Crippen LogP) is 2.20. The summed E-state index contributed by atoms with van der Waals surface area (Å²) in [5.41, 5.74) is 8.74. The lowest BCUT2D eigenvalue weighted by atomic mass is 9.87. The van der Waals surface area contributed by atoms with Crippen LogP contribution in [0.3, 0.4) is 0 Å². The van der Waals surface area contributed by atoms with E-state index in [2.05, 4.69) is 36.7 Å². The summed E-state index contributed by atoms with van der Waals surface area (Å²) < 4.78 is 0. The second-order valence-corrected chi connectivity index (χ2v) is 5.49. The van der Waals surface area contributed by atoms with Gasteiger partial charge in [0.15, 0.2) is 0 Å². The molecule has 3 nitrogen and oxygen atoms in total. The standard InChI is InChI=1S/C15H25N3/c1-4-13-6-5-8-17-15(13)10-18-9-7-14(16)11(2)12(18)3/h5-6,8,11-12,14H,4,7,9-10,16H2,1-3H3. The van der Waals surface area contributed by atoms with Gasteiger partial charge in [0, 0.05) is 31.4 Å². The van der Waals surface area contributed by atoms with Gasteiger partial charge in [0.1, 0.15) is 0 Å². The molecule has 0 bridgehead atoms. The molecule has 1 aliphatic heterocycles. The van der Waals surface area contributed by atoms with Crippen LogP contribution in [0.15, 0.2) is 18.3 Å². The average molecular weight is 247 g/mol. The fourth-order valence-electron chi connectivity index (χ4n) is 2.82. The molecule has 2 heterocycles. The number of hydrogen-bond acceptors (Lipinski definition) is 3. The Morgan fingerprint density at radius 3 is 2.94 bits per heavy atom. The maximum absolute atomic E-state index is 6.14. The fourth-order valence-corrected chi connectivity index (χ4v) is 2.82.